The average Bonchev–Trinajstić information content (AvgIpc) is 3.46. The number of nitrogens with zero attached hydrogens (tertiary/aromatic N) is 2. The van der Waals surface area contributed by atoms with Gasteiger partial charge < -0.3 is 10.6 Å². The van der Waals surface area contributed by atoms with E-state index in [1.807, 2.05) is 24.3 Å². The first kappa shape index (κ1) is 23.6. The van der Waals surface area contributed by atoms with Gasteiger partial charge in [-0.3, -0.25) is 14.5 Å². The molecule has 2 N–H and O–H groups in total. The van der Waals surface area contributed by atoms with Gasteiger partial charge in [0.1, 0.15) is 23.2 Å². The average molecular weight is 491 g/mol. The number of aryl methyl sites for hydroxylation is 1. The first-order chi connectivity index (χ1) is 16.7. The molecule has 2 aromatic rings. The Balaban J connectivity index is 1.32. The van der Waals surface area contributed by atoms with Crippen molar-refractivity contribution in [1.82, 2.24) is 10.2 Å². The maximum absolute atomic E-state index is 13.3. The molecular formula is C27H30N4O3S. The molecule has 1 aromatic heterocycles. The Hall–Kier alpha value is -3.18. The monoisotopic (exact) mass is 490 g/mol. The van der Waals surface area contributed by atoms with Crippen molar-refractivity contribution in [3.8, 4) is 6.07 Å². The van der Waals surface area contributed by atoms with Crippen molar-refractivity contribution in [3.05, 3.63) is 51.4 Å². The maximum atomic E-state index is 13.3. The molecule has 5 rings (SSSR count). The van der Waals surface area contributed by atoms with Crippen LogP contribution >= 0.6 is 11.3 Å². The molecule has 1 aliphatic heterocycles. The molecule has 1 spiro atoms. The highest BCUT2D eigenvalue weighted by atomic mass is 32.1. The number of nitrogens with one attached hydrogen (secondary N) is 2. The number of hydrogen-bond donors (Lipinski definition) is 2. The van der Waals surface area contributed by atoms with Gasteiger partial charge >= 0.3 is 6.03 Å². The molecule has 182 valence electrons. The largest absolute Gasteiger partial charge is 0.325 e. The molecule has 0 unspecified atom stereocenters. The molecule has 7 nitrogen and oxygen atoms in total. The summed E-state index contributed by atoms with van der Waals surface area (Å²) in [5, 5.41) is 16.0. The van der Waals surface area contributed by atoms with Gasteiger partial charge in [0.15, 0.2) is 0 Å². The number of anilines is 1. The van der Waals surface area contributed by atoms with Crippen molar-refractivity contribution in [3.63, 3.8) is 0 Å². The predicted molar refractivity (Wildman–Crippen MR) is 134 cm³/mol. The lowest BCUT2D eigenvalue weighted by Gasteiger charge is -2.36. The quantitative estimate of drug-likeness (QED) is 0.603. The number of carbonyl (C=O) groups excluding carboxylic acids is 3. The van der Waals surface area contributed by atoms with E-state index in [1.54, 1.807) is 0 Å². The van der Waals surface area contributed by atoms with E-state index in [0.717, 1.165) is 52.2 Å². The third-order valence-electron chi connectivity index (χ3n) is 8.37. The van der Waals surface area contributed by atoms with Crippen molar-refractivity contribution >= 4 is 34.2 Å². The van der Waals surface area contributed by atoms with Gasteiger partial charge in [0.05, 0.1) is 5.56 Å². The molecule has 2 heterocycles. The fourth-order valence-corrected chi connectivity index (χ4v) is 7.08. The van der Waals surface area contributed by atoms with Crippen LogP contribution in [0.1, 0.15) is 67.2 Å². The minimum atomic E-state index is -1.09. The molecule has 0 bridgehead atoms. The minimum Gasteiger partial charge on any atom is -0.319 e. The molecule has 1 saturated heterocycles. The first-order valence-corrected chi connectivity index (χ1v) is 13.1. The third-order valence-corrected chi connectivity index (χ3v) is 9.54. The third kappa shape index (κ3) is 3.73. The topological polar surface area (TPSA) is 102 Å². The molecule has 2 atom stereocenters. The Morgan fingerprint density at radius 1 is 1.31 bits per heavy atom. The van der Waals surface area contributed by atoms with Crippen molar-refractivity contribution in [2.24, 2.45) is 11.3 Å². The van der Waals surface area contributed by atoms with Gasteiger partial charge in [-0.05, 0) is 60.1 Å². The molecule has 0 saturated carbocycles. The maximum Gasteiger partial charge on any atom is 0.325 e. The van der Waals surface area contributed by atoms with E-state index in [9.17, 15) is 19.6 Å². The number of benzene rings is 1. The summed E-state index contributed by atoms with van der Waals surface area (Å²) in [6.45, 7) is 6.41. The minimum absolute atomic E-state index is 0.218. The number of thiophene rings is 1. The smallest absolute Gasteiger partial charge is 0.319 e. The fourth-order valence-electron chi connectivity index (χ4n) is 5.79. The van der Waals surface area contributed by atoms with Gasteiger partial charge in [-0.15, -0.1) is 11.3 Å². The number of carbonyl (C=O) groups is 3. The van der Waals surface area contributed by atoms with Crippen LogP contribution in [-0.2, 0) is 34.4 Å². The second-order valence-corrected chi connectivity index (χ2v) is 11.6. The molecule has 35 heavy (non-hydrogen) atoms. The Labute approximate surface area is 209 Å². The van der Waals surface area contributed by atoms with E-state index < -0.39 is 23.4 Å². The van der Waals surface area contributed by atoms with Gasteiger partial charge in [0.2, 0.25) is 5.91 Å². The summed E-state index contributed by atoms with van der Waals surface area (Å²) in [5.74, 6) is -0.333. The van der Waals surface area contributed by atoms with Crippen molar-refractivity contribution in [2.45, 2.75) is 64.8 Å². The van der Waals surface area contributed by atoms with E-state index in [0.29, 0.717) is 29.3 Å². The van der Waals surface area contributed by atoms with E-state index in [-0.39, 0.29) is 12.0 Å². The Bertz CT molecular complexity index is 1270. The van der Waals surface area contributed by atoms with Gasteiger partial charge in [-0.25, -0.2) is 4.79 Å². The van der Waals surface area contributed by atoms with Crippen LogP contribution in [0.2, 0.25) is 0 Å². The van der Waals surface area contributed by atoms with Crippen LogP contribution in [0, 0.1) is 22.7 Å². The Morgan fingerprint density at radius 3 is 2.83 bits per heavy atom. The second kappa shape index (κ2) is 8.49. The molecule has 0 radical (unpaired) electrons. The van der Waals surface area contributed by atoms with Crippen LogP contribution < -0.4 is 10.6 Å². The summed E-state index contributed by atoms with van der Waals surface area (Å²) in [7, 11) is 0. The predicted octanol–water partition coefficient (Wildman–Crippen LogP) is 4.49. The second-order valence-electron chi connectivity index (χ2n) is 10.5. The summed E-state index contributed by atoms with van der Waals surface area (Å²) in [6.07, 6.45) is 5.03. The molecule has 3 aliphatic rings. The van der Waals surface area contributed by atoms with Gasteiger partial charge in [-0.2, -0.15) is 5.26 Å². The molecular weight excluding hydrogens is 460 g/mol. The number of fused-ring (bicyclic) bond motifs is 3. The fraction of sp³-hybridized carbons (Fsp3) is 0.481. The lowest BCUT2D eigenvalue weighted by atomic mass is 9.69. The number of rotatable bonds is 5. The highest BCUT2D eigenvalue weighted by Crippen LogP contribution is 2.45. The highest BCUT2D eigenvalue weighted by Gasteiger charge is 2.55. The lowest BCUT2D eigenvalue weighted by molar-refractivity contribution is -0.134. The summed E-state index contributed by atoms with van der Waals surface area (Å²) in [4.78, 5) is 41.2. The number of hydrogen-bond acceptors (Lipinski definition) is 5. The normalized spacial score (nSPS) is 23.1. The lowest BCUT2D eigenvalue weighted by Crippen LogP contribution is -2.42. The van der Waals surface area contributed by atoms with Crippen LogP contribution in [0.4, 0.5) is 9.80 Å². The molecule has 8 heteroatoms. The number of nitriles is 1. The molecule has 4 amide bonds. The summed E-state index contributed by atoms with van der Waals surface area (Å²) in [6, 6.07) is 9.33. The number of amides is 4. The van der Waals surface area contributed by atoms with Crippen molar-refractivity contribution in [1.29, 1.82) is 5.26 Å². The number of urea groups is 1. The van der Waals surface area contributed by atoms with Crippen LogP contribution in [-0.4, -0.2) is 29.3 Å². The Kier molecular flexibility index (Phi) is 5.71. The van der Waals surface area contributed by atoms with Crippen LogP contribution in [0.5, 0.6) is 0 Å². The first-order valence-electron chi connectivity index (χ1n) is 12.3. The van der Waals surface area contributed by atoms with Gasteiger partial charge in [-0.1, -0.05) is 51.5 Å². The van der Waals surface area contributed by atoms with E-state index in [1.165, 1.54) is 11.3 Å². The zero-order chi connectivity index (χ0) is 25.0. The Morgan fingerprint density at radius 2 is 2.09 bits per heavy atom. The van der Waals surface area contributed by atoms with Crippen LogP contribution in [0.15, 0.2) is 24.3 Å². The summed E-state index contributed by atoms with van der Waals surface area (Å²) >= 11 is 1.46. The van der Waals surface area contributed by atoms with Gasteiger partial charge in [0.25, 0.3) is 5.91 Å². The zero-order valence-electron chi connectivity index (χ0n) is 20.4. The summed E-state index contributed by atoms with van der Waals surface area (Å²) < 4.78 is 0. The van der Waals surface area contributed by atoms with Crippen LogP contribution in [0.25, 0.3) is 0 Å². The molecule has 2 aliphatic carbocycles. The SMILES string of the molecule is CCC(C)(C)[C@@H]1CCc2c(sc(NC(=O)CN3C(=O)N[C@]4(CCc5ccccc54)C3=O)c2C#N)C1. The van der Waals surface area contributed by atoms with E-state index >= 15 is 0 Å². The standard InChI is InChI=1S/C27H30N4O3S/c1-4-26(2,3)17-9-10-18-19(14-28)23(35-21(18)13-17)29-22(32)15-31-24(33)27(30-25(31)34)12-11-16-7-5-6-8-20(16)27/h5-8,17H,4,9-13,15H2,1-3H3,(H,29,32)(H,30,34)/t17-,27+/m1/s1. The van der Waals surface area contributed by atoms with E-state index in [2.05, 4.69) is 37.5 Å². The summed E-state index contributed by atoms with van der Waals surface area (Å²) in [5.41, 5.74) is 2.53. The number of imide groups is 1. The van der Waals surface area contributed by atoms with Gasteiger partial charge in [0, 0.05) is 4.88 Å². The highest BCUT2D eigenvalue weighted by molar-refractivity contribution is 7.16. The molecule has 1 fully saturated rings. The van der Waals surface area contributed by atoms with Crippen LogP contribution in [0.3, 0.4) is 0 Å². The van der Waals surface area contributed by atoms with Crippen molar-refractivity contribution < 1.29 is 14.4 Å². The molecule has 1 aromatic carbocycles. The van der Waals surface area contributed by atoms with Crippen molar-refractivity contribution in [2.75, 3.05) is 11.9 Å². The zero-order valence-corrected chi connectivity index (χ0v) is 21.2. The van der Waals surface area contributed by atoms with E-state index in [4.69, 9.17) is 0 Å².